The molecule has 1 amide bonds. The number of rotatable bonds is 6. The van der Waals surface area contributed by atoms with Crippen LogP contribution in [-0.4, -0.2) is 45.9 Å². The number of carbonyl (C=O) groups excluding carboxylic acids is 1. The molecule has 5 N–H and O–H groups in total. The third kappa shape index (κ3) is 9.33. The molecule has 160 valence electrons. The molecule has 0 saturated carbocycles. The molecule has 0 aliphatic carbocycles. The molecule has 2 aromatic rings. The average molecular weight is 425 g/mol. The highest BCUT2D eigenvalue weighted by Gasteiger charge is 2.25. The molecule has 0 unspecified atom stereocenters. The monoisotopic (exact) mass is 425 g/mol. The summed E-state index contributed by atoms with van der Waals surface area (Å²) in [5.41, 5.74) is 9.95. The molecule has 12 heteroatoms. The Bertz CT molecular complexity index is 858. The van der Waals surface area contributed by atoms with Crippen molar-refractivity contribution in [3.8, 4) is 0 Å². The summed E-state index contributed by atoms with van der Waals surface area (Å²) in [5.74, 6) is 1.39. The lowest BCUT2D eigenvalue weighted by atomic mass is 10.3. The Kier molecular flexibility index (Phi) is 10.6. The molecule has 0 spiro atoms. The van der Waals surface area contributed by atoms with E-state index in [0.29, 0.717) is 24.8 Å². The smallest absolute Gasteiger partial charge is 0.384 e. The molecule has 1 aliphatic rings. The molecule has 0 fully saturated rings. The average Bonchev–Trinajstić information content (AvgIpc) is 3.34. The maximum atomic E-state index is 11.9. The summed E-state index contributed by atoms with van der Waals surface area (Å²) in [7, 11) is -3.15. The number of amides is 1. The predicted molar refractivity (Wildman–Crippen MR) is 112 cm³/mol. The first-order valence-corrected chi connectivity index (χ1v) is 10.6. The van der Waals surface area contributed by atoms with Crippen LogP contribution in [-0.2, 0) is 18.4 Å². The van der Waals surface area contributed by atoms with Gasteiger partial charge in [0, 0.05) is 31.6 Å². The van der Waals surface area contributed by atoms with E-state index in [-0.39, 0.29) is 0 Å². The fourth-order valence-corrected chi connectivity index (χ4v) is 3.43. The Morgan fingerprint density at radius 1 is 1.38 bits per heavy atom. The van der Waals surface area contributed by atoms with Crippen molar-refractivity contribution in [1.82, 2.24) is 19.5 Å². The Balaban J connectivity index is 0.000000243. The second-order valence-corrected chi connectivity index (χ2v) is 7.21. The van der Waals surface area contributed by atoms with Crippen LogP contribution in [0, 0.1) is 0 Å². The molecule has 1 aliphatic heterocycles. The Hall–Kier alpha value is -2.75. The number of primary amides is 1. The van der Waals surface area contributed by atoms with E-state index >= 15 is 0 Å². The van der Waals surface area contributed by atoms with Crippen molar-refractivity contribution in [2.45, 2.75) is 26.7 Å². The van der Waals surface area contributed by atoms with E-state index < -0.39 is 13.7 Å². The van der Waals surface area contributed by atoms with Crippen molar-refractivity contribution in [2.75, 3.05) is 25.5 Å². The molecular formula is C17H28N7O4P. The van der Waals surface area contributed by atoms with Crippen molar-refractivity contribution in [3.05, 3.63) is 37.3 Å². The Labute approximate surface area is 169 Å². The molecular weight excluding hydrogens is 397 g/mol. The summed E-state index contributed by atoms with van der Waals surface area (Å²) in [5, 5.41) is 2.76. The summed E-state index contributed by atoms with van der Waals surface area (Å²) in [6, 6.07) is 1.73. The van der Waals surface area contributed by atoms with Crippen molar-refractivity contribution < 1.29 is 18.4 Å². The first-order chi connectivity index (χ1) is 13.8. The molecule has 3 rings (SSSR count). The van der Waals surface area contributed by atoms with Gasteiger partial charge in [0.15, 0.2) is 0 Å². The van der Waals surface area contributed by atoms with Crippen molar-refractivity contribution in [1.29, 1.82) is 0 Å². The van der Waals surface area contributed by atoms with Crippen LogP contribution in [0.5, 0.6) is 0 Å². The van der Waals surface area contributed by atoms with Gasteiger partial charge in [0.05, 0.1) is 13.2 Å². The van der Waals surface area contributed by atoms with Gasteiger partial charge in [0.1, 0.15) is 11.7 Å². The first kappa shape index (κ1) is 24.3. The highest BCUT2D eigenvalue weighted by molar-refractivity contribution is 7.52. The highest BCUT2D eigenvalue weighted by Crippen LogP contribution is 2.43. The maximum absolute atomic E-state index is 11.9. The fourth-order valence-electron chi connectivity index (χ4n) is 2.05. The zero-order valence-electron chi connectivity index (χ0n) is 16.7. The second kappa shape index (κ2) is 12.7. The van der Waals surface area contributed by atoms with Gasteiger partial charge < -0.3 is 11.5 Å². The second-order valence-electron chi connectivity index (χ2n) is 5.47. The van der Waals surface area contributed by atoms with Crippen LogP contribution in [0.25, 0.3) is 5.78 Å². The van der Waals surface area contributed by atoms with Gasteiger partial charge in [0.25, 0.3) is 0 Å². The lowest BCUT2D eigenvalue weighted by Gasteiger charge is -2.18. The van der Waals surface area contributed by atoms with Crippen LogP contribution in [0.15, 0.2) is 42.3 Å². The fraction of sp³-hybridized carbons (Fsp3) is 0.412. The van der Waals surface area contributed by atoms with Gasteiger partial charge in [-0.25, -0.2) is 9.55 Å². The molecule has 2 aromatic heterocycles. The topological polar surface area (TPSA) is 159 Å². The van der Waals surface area contributed by atoms with Gasteiger partial charge in [-0.3, -0.25) is 28.3 Å². The molecule has 11 nitrogen and oxygen atoms in total. The molecule has 29 heavy (non-hydrogen) atoms. The van der Waals surface area contributed by atoms with E-state index in [1.54, 1.807) is 30.5 Å². The molecule has 0 atom stereocenters. The van der Waals surface area contributed by atoms with Crippen LogP contribution in [0.2, 0.25) is 0 Å². The van der Waals surface area contributed by atoms with Gasteiger partial charge in [-0.1, -0.05) is 6.58 Å². The lowest BCUT2D eigenvalue weighted by molar-refractivity contribution is -0.113. The third-order valence-corrected chi connectivity index (χ3v) is 4.95. The highest BCUT2D eigenvalue weighted by atomic mass is 31.2. The first-order valence-electron chi connectivity index (χ1n) is 9.01. The minimum absolute atomic E-state index is 0.359. The maximum Gasteiger partial charge on any atom is 0.433 e. The van der Waals surface area contributed by atoms with Crippen LogP contribution >= 0.6 is 7.75 Å². The summed E-state index contributed by atoms with van der Waals surface area (Å²) in [6.45, 7) is 8.16. The Morgan fingerprint density at radius 2 is 2.03 bits per heavy atom. The molecule has 0 saturated heterocycles. The van der Waals surface area contributed by atoms with E-state index in [4.69, 9.17) is 14.8 Å². The Morgan fingerprint density at radius 3 is 2.55 bits per heavy atom. The van der Waals surface area contributed by atoms with Crippen molar-refractivity contribution in [2.24, 2.45) is 10.7 Å². The standard InChI is InChI=1S/C8H17N2O3P.C6H6N4.C3H5NO/c1-3-12-14(11,13-4-2)10-8-6-5-7-9-8;7-5-1-3-10-4-2-8-6(10)9-5;1-2-3(4)5/h3-7H2,1-2H3,(H,9,10,11);1-4H,(H2,7,8,9);2H,1H2,(H2,4,5). The molecule has 3 heterocycles. The normalized spacial score (nSPS) is 12.8. The number of hydrogen-bond donors (Lipinski definition) is 3. The number of amidine groups is 1. The number of nitrogens with one attached hydrogen (secondary N) is 1. The summed E-state index contributed by atoms with van der Waals surface area (Å²) >= 11 is 0. The number of nitrogens with zero attached hydrogens (tertiary/aromatic N) is 4. The quantitative estimate of drug-likeness (QED) is 0.467. The largest absolute Gasteiger partial charge is 0.433 e. The minimum atomic E-state index is -3.15. The molecule has 0 radical (unpaired) electrons. The van der Waals surface area contributed by atoms with Crippen molar-refractivity contribution >= 4 is 31.1 Å². The van der Waals surface area contributed by atoms with Crippen LogP contribution in [0.3, 0.4) is 0 Å². The van der Waals surface area contributed by atoms with Gasteiger partial charge >= 0.3 is 7.75 Å². The van der Waals surface area contributed by atoms with Crippen LogP contribution < -0.4 is 16.6 Å². The lowest BCUT2D eigenvalue weighted by Crippen LogP contribution is -2.21. The number of anilines is 1. The van der Waals surface area contributed by atoms with E-state index in [9.17, 15) is 9.36 Å². The number of aromatic nitrogens is 3. The van der Waals surface area contributed by atoms with Gasteiger partial charge in [0.2, 0.25) is 11.7 Å². The van der Waals surface area contributed by atoms with Gasteiger partial charge in [-0.2, -0.15) is 4.98 Å². The number of carbonyl (C=O) groups is 1. The number of aliphatic imine (C=N–C) groups is 1. The number of hydrogen-bond acceptors (Lipinski definition) is 8. The number of nitrogens with two attached hydrogens (primary N) is 2. The number of nitrogen functional groups attached to an aromatic ring is 1. The number of imidazole rings is 1. The van der Waals surface area contributed by atoms with E-state index in [2.05, 4.69) is 32.4 Å². The summed E-state index contributed by atoms with van der Waals surface area (Å²) in [4.78, 5) is 21.5. The van der Waals surface area contributed by atoms with Gasteiger partial charge in [-0.15, -0.1) is 0 Å². The predicted octanol–water partition coefficient (Wildman–Crippen LogP) is 1.92. The number of fused-ring (bicyclic) bond motifs is 1. The molecule has 0 bridgehead atoms. The van der Waals surface area contributed by atoms with E-state index in [0.717, 1.165) is 31.3 Å². The summed E-state index contributed by atoms with van der Waals surface area (Å²) in [6.07, 6.45) is 8.21. The zero-order valence-corrected chi connectivity index (χ0v) is 17.5. The molecule has 0 aromatic carbocycles. The van der Waals surface area contributed by atoms with Crippen molar-refractivity contribution in [3.63, 3.8) is 0 Å². The van der Waals surface area contributed by atoms with Gasteiger partial charge in [-0.05, 0) is 32.4 Å². The van der Waals surface area contributed by atoms with E-state index in [1.165, 1.54) is 0 Å². The SMILES string of the molecule is C=CC(N)=O.CCOP(=O)(NC1=NCCC1)OCC.Nc1ccn2ccnc2n1. The zero-order chi connectivity index (χ0) is 21.7. The minimum Gasteiger partial charge on any atom is -0.384 e. The van der Waals surface area contributed by atoms with E-state index in [1.807, 2.05) is 12.4 Å². The van der Waals surface area contributed by atoms with Crippen LogP contribution in [0.1, 0.15) is 26.7 Å². The third-order valence-electron chi connectivity index (χ3n) is 3.22. The summed E-state index contributed by atoms with van der Waals surface area (Å²) < 4.78 is 23.9. The van der Waals surface area contributed by atoms with Crippen LogP contribution in [0.4, 0.5) is 5.82 Å².